The summed E-state index contributed by atoms with van der Waals surface area (Å²) in [4.78, 5) is 27.8. The summed E-state index contributed by atoms with van der Waals surface area (Å²) in [5.41, 5.74) is 7.91. The minimum Gasteiger partial charge on any atom is -0.497 e. The number of halogens is 1. The van der Waals surface area contributed by atoms with Crippen LogP contribution in [0.4, 0.5) is 5.69 Å². The van der Waals surface area contributed by atoms with Crippen molar-refractivity contribution >= 4 is 29.1 Å². The smallest absolute Gasteiger partial charge is 0.255 e. The van der Waals surface area contributed by atoms with Crippen LogP contribution in [0.3, 0.4) is 0 Å². The molecule has 3 rings (SSSR count). The Kier molecular flexibility index (Phi) is 9.55. The van der Waals surface area contributed by atoms with Crippen molar-refractivity contribution in [2.75, 3.05) is 39.7 Å². The second kappa shape index (κ2) is 12.8. The molecule has 9 heteroatoms. The van der Waals surface area contributed by atoms with Crippen LogP contribution in [0.15, 0.2) is 60.7 Å². The van der Waals surface area contributed by atoms with E-state index in [9.17, 15) is 9.59 Å². The van der Waals surface area contributed by atoms with E-state index in [1.165, 1.54) is 14.2 Å². The molecule has 0 radical (unpaired) electrons. The quantitative estimate of drug-likeness (QED) is 0.389. The number of hydrogen-bond donors (Lipinski definition) is 2. The molecule has 0 bridgehead atoms. The van der Waals surface area contributed by atoms with Gasteiger partial charge in [0.25, 0.3) is 11.8 Å². The number of methoxy groups -OCH3 is 3. The number of rotatable bonds is 11. The highest BCUT2D eigenvalue weighted by Crippen LogP contribution is 2.29. The monoisotopic (exact) mass is 511 g/mol. The Balaban J connectivity index is 1.82. The van der Waals surface area contributed by atoms with Crippen LogP contribution in [0, 0.1) is 0 Å². The second-order valence-electron chi connectivity index (χ2n) is 7.93. The van der Waals surface area contributed by atoms with Crippen molar-refractivity contribution in [3.8, 4) is 17.2 Å². The van der Waals surface area contributed by atoms with Crippen LogP contribution in [0.5, 0.6) is 17.2 Å². The Bertz CT molecular complexity index is 1200. The van der Waals surface area contributed by atoms with E-state index in [-0.39, 0.29) is 18.4 Å². The minimum absolute atomic E-state index is 0.201. The first-order chi connectivity index (χ1) is 17.4. The minimum atomic E-state index is -0.271. The summed E-state index contributed by atoms with van der Waals surface area (Å²) < 4.78 is 15.8. The van der Waals surface area contributed by atoms with Gasteiger partial charge in [0, 0.05) is 34.9 Å². The van der Waals surface area contributed by atoms with E-state index in [1.807, 2.05) is 0 Å². The van der Waals surface area contributed by atoms with E-state index in [0.717, 1.165) is 0 Å². The maximum Gasteiger partial charge on any atom is 0.255 e. The molecule has 0 saturated carbocycles. The number of benzene rings is 3. The third-order valence-corrected chi connectivity index (χ3v) is 5.94. The first kappa shape index (κ1) is 26.8. The van der Waals surface area contributed by atoms with Gasteiger partial charge in [-0.2, -0.15) is 0 Å². The van der Waals surface area contributed by atoms with E-state index in [2.05, 4.69) is 5.32 Å². The van der Waals surface area contributed by atoms with Gasteiger partial charge in [0.05, 0.1) is 21.3 Å². The Labute approximate surface area is 215 Å². The first-order valence-corrected chi connectivity index (χ1v) is 11.7. The molecule has 0 heterocycles. The Morgan fingerprint density at radius 3 is 2.22 bits per heavy atom. The van der Waals surface area contributed by atoms with E-state index >= 15 is 0 Å². The molecular formula is C27H30ClN3O5. The zero-order chi connectivity index (χ0) is 26.1. The number of carbonyl (C=O) groups excluding carboxylic acids is 2. The molecule has 0 unspecified atom stereocenters. The zero-order valence-electron chi connectivity index (χ0n) is 20.5. The van der Waals surface area contributed by atoms with Gasteiger partial charge in [-0.3, -0.25) is 9.59 Å². The lowest BCUT2D eigenvalue weighted by Crippen LogP contribution is -2.32. The fraction of sp³-hybridized carbons (Fsp3) is 0.259. The van der Waals surface area contributed by atoms with Gasteiger partial charge in [-0.25, -0.2) is 0 Å². The highest BCUT2D eigenvalue weighted by Gasteiger charge is 2.19. The topological polar surface area (TPSA) is 103 Å². The average molecular weight is 512 g/mol. The van der Waals surface area contributed by atoms with Crippen LogP contribution in [-0.2, 0) is 6.54 Å². The highest BCUT2D eigenvalue weighted by molar-refractivity contribution is 6.31. The molecule has 8 nitrogen and oxygen atoms in total. The lowest BCUT2D eigenvalue weighted by atomic mass is 10.1. The molecule has 3 N–H and O–H groups in total. The van der Waals surface area contributed by atoms with Crippen molar-refractivity contribution in [2.24, 2.45) is 5.73 Å². The van der Waals surface area contributed by atoms with Gasteiger partial charge in [0.2, 0.25) is 0 Å². The maximum absolute atomic E-state index is 13.4. The van der Waals surface area contributed by atoms with Gasteiger partial charge in [-0.1, -0.05) is 11.6 Å². The Morgan fingerprint density at radius 1 is 0.889 bits per heavy atom. The first-order valence-electron chi connectivity index (χ1n) is 11.3. The van der Waals surface area contributed by atoms with Crippen LogP contribution in [0.2, 0.25) is 5.02 Å². The van der Waals surface area contributed by atoms with Crippen LogP contribution >= 0.6 is 11.6 Å². The maximum atomic E-state index is 13.4. The van der Waals surface area contributed by atoms with Crippen molar-refractivity contribution in [1.29, 1.82) is 0 Å². The van der Waals surface area contributed by atoms with E-state index in [4.69, 9.17) is 31.5 Å². The summed E-state index contributed by atoms with van der Waals surface area (Å²) in [5.74, 6) is 1.19. The molecule has 0 aliphatic carbocycles. The molecule has 2 amide bonds. The van der Waals surface area contributed by atoms with E-state index in [1.54, 1.807) is 72.7 Å². The van der Waals surface area contributed by atoms with Crippen molar-refractivity contribution in [3.05, 3.63) is 82.4 Å². The summed E-state index contributed by atoms with van der Waals surface area (Å²) in [6, 6.07) is 17.0. The Hall–Kier alpha value is -3.75. The molecule has 3 aromatic carbocycles. The van der Waals surface area contributed by atoms with Gasteiger partial charge in [0.15, 0.2) is 11.5 Å². The van der Waals surface area contributed by atoms with Crippen LogP contribution in [0.25, 0.3) is 0 Å². The van der Waals surface area contributed by atoms with Gasteiger partial charge in [0.1, 0.15) is 5.75 Å². The standard InChI is InChI=1S/C27H30ClN3O5/c1-34-22-9-5-18(6-10-22)26(32)30-21-8-11-23(28)20(15-21)17-31(14-4-13-29)27(33)19-7-12-24(35-2)25(16-19)36-3/h5-12,15-16H,4,13-14,17,29H2,1-3H3,(H,30,32). The largest absolute Gasteiger partial charge is 0.497 e. The normalized spacial score (nSPS) is 10.5. The number of carbonyl (C=O) groups is 2. The van der Waals surface area contributed by atoms with Crippen molar-refractivity contribution in [1.82, 2.24) is 4.90 Å². The SMILES string of the molecule is COc1ccc(C(=O)Nc2ccc(Cl)c(CN(CCCN)C(=O)c3ccc(OC)c(OC)c3)c2)cc1. The number of amides is 2. The van der Waals surface area contributed by atoms with Crippen LogP contribution < -0.4 is 25.3 Å². The number of nitrogens with two attached hydrogens (primary N) is 1. The van der Waals surface area contributed by atoms with Gasteiger partial charge < -0.3 is 30.2 Å². The number of nitrogens with one attached hydrogen (secondary N) is 1. The molecule has 0 saturated heterocycles. The molecule has 0 aromatic heterocycles. The zero-order valence-corrected chi connectivity index (χ0v) is 21.3. The summed E-state index contributed by atoms with van der Waals surface area (Å²) >= 11 is 6.47. The van der Waals surface area contributed by atoms with Crippen molar-refractivity contribution in [3.63, 3.8) is 0 Å². The molecule has 36 heavy (non-hydrogen) atoms. The summed E-state index contributed by atoms with van der Waals surface area (Å²) in [6.45, 7) is 1.10. The molecule has 0 fully saturated rings. The summed E-state index contributed by atoms with van der Waals surface area (Å²) in [6.07, 6.45) is 0.616. The second-order valence-corrected chi connectivity index (χ2v) is 8.33. The number of hydrogen-bond acceptors (Lipinski definition) is 6. The fourth-order valence-corrected chi connectivity index (χ4v) is 3.79. The van der Waals surface area contributed by atoms with Crippen LogP contribution in [-0.4, -0.2) is 51.1 Å². The summed E-state index contributed by atoms with van der Waals surface area (Å²) in [7, 11) is 4.62. The highest BCUT2D eigenvalue weighted by atomic mass is 35.5. The van der Waals surface area contributed by atoms with Gasteiger partial charge in [-0.15, -0.1) is 0 Å². The predicted octanol–water partition coefficient (Wildman–Crippen LogP) is 4.61. The molecule has 3 aromatic rings. The lowest BCUT2D eigenvalue weighted by molar-refractivity contribution is 0.0741. The number of anilines is 1. The van der Waals surface area contributed by atoms with Gasteiger partial charge in [-0.05, 0) is 79.2 Å². The molecule has 0 spiro atoms. The molecule has 0 aliphatic heterocycles. The fourth-order valence-electron chi connectivity index (χ4n) is 3.61. The molecule has 0 aliphatic rings. The van der Waals surface area contributed by atoms with Gasteiger partial charge >= 0.3 is 0 Å². The molecular weight excluding hydrogens is 482 g/mol. The predicted molar refractivity (Wildman–Crippen MR) is 140 cm³/mol. The third kappa shape index (κ3) is 6.68. The number of nitrogens with zero attached hydrogens (tertiary/aromatic N) is 1. The average Bonchev–Trinajstić information content (AvgIpc) is 2.91. The van der Waals surface area contributed by atoms with Crippen molar-refractivity contribution < 1.29 is 23.8 Å². The molecule has 0 atom stereocenters. The number of ether oxygens (including phenoxy) is 3. The third-order valence-electron chi connectivity index (χ3n) is 5.57. The lowest BCUT2D eigenvalue weighted by Gasteiger charge is -2.24. The summed E-state index contributed by atoms with van der Waals surface area (Å²) in [5, 5.41) is 3.36. The van der Waals surface area contributed by atoms with Crippen molar-refractivity contribution in [2.45, 2.75) is 13.0 Å². The van der Waals surface area contributed by atoms with Crippen LogP contribution in [0.1, 0.15) is 32.7 Å². The Morgan fingerprint density at radius 2 is 1.58 bits per heavy atom. The molecule has 190 valence electrons. The van der Waals surface area contributed by atoms with E-state index in [0.29, 0.717) is 64.2 Å². The van der Waals surface area contributed by atoms with E-state index < -0.39 is 0 Å².